The Labute approximate surface area is 180 Å². The van der Waals surface area contributed by atoms with Crippen molar-refractivity contribution in [1.82, 2.24) is 0 Å². The zero-order valence-electron chi connectivity index (χ0n) is 18.5. The van der Waals surface area contributed by atoms with Gasteiger partial charge in [0.05, 0.1) is 41.7 Å². The molecule has 3 aromatic rings. The van der Waals surface area contributed by atoms with Gasteiger partial charge in [0.25, 0.3) is 0 Å². The average Bonchev–Trinajstić information content (AvgIpc) is 2.79. The molecule has 31 heavy (non-hydrogen) atoms. The van der Waals surface area contributed by atoms with Crippen LogP contribution < -0.4 is 33.8 Å². The van der Waals surface area contributed by atoms with Crippen LogP contribution in [0.15, 0.2) is 33.5 Å². The van der Waals surface area contributed by atoms with E-state index in [2.05, 4.69) is 0 Å². The van der Waals surface area contributed by atoms with Crippen LogP contribution in [0.1, 0.15) is 13.8 Å². The summed E-state index contributed by atoms with van der Waals surface area (Å²) in [6.07, 6.45) is 0. The minimum Gasteiger partial charge on any atom is -0.497 e. The van der Waals surface area contributed by atoms with Gasteiger partial charge in [0, 0.05) is 5.56 Å². The summed E-state index contributed by atoms with van der Waals surface area (Å²) in [4.78, 5) is 13.5. The van der Waals surface area contributed by atoms with Crippen LogP contribution in [0.25, 0.3) is 22.3 Å². The lowest BCUT2D eigenvalue weighted by atomic mass is 10.1. The molecule has 8 heteroatoms. The van der Waals surface area contributed by atoms with Crippen LogP contribution >= 0.6 is 0 Å². The van der Waals surface area contributed by atoms with E-state index in [-0.39, 0.29) is 45.5 Å². The Morgan fingerprint density at radius 1 is 0.710 bits per heavy atom. The Hall–Kier alpha value is -3.55. The Balaban J connectivity index is 2.48. The SMILES string of the molecule is CCOc1c(OC)c(OCC)c2c(=O)c(OC)c(-c3ccc(OC)cc3)oc2c1OC. The van der Waals surface area contributed by atoms with E-state index in [0.717, 1.165) is 0 Å². The second kappa shape index (κ2) is 9.51. The van der Waals surface area contributed by atoms with Crippen molar-refractivity contribution in [2.45, 2.75) is 13.8 Å². The zero-order chi connectivity index (χ0) is 22.5. The second-order valence-corrected chi connectivity index (χ2v) is 6.32. The fraction of sp³-hybridized carbons (Fsp3) is 0.348. The molecule has 3 rings (SSSR count). The highest BCUT2D eigenvalue weighted by Gasteiger charge is 2.30. The molecule has 2 aromatic carbocycles. The van der Waals surface area contributed by atoms with Crippen LogP contribution in [0.2, 0.25) is 0 Å². The predicted octanol–water partition coefficient (Wildman–Crippen LogP) is 4.29. The van der Waals surface area contributed by atoms with Crippen molar-refractivity contribution in [3.8, 4) is 45.8 Å². The number of ether oxygens (including phenoxy) is 6. The first kappa shape index (κ1) is 22.1. The highest BCUT2D eigenvalue weighted by Crippen LogP contribution is 2.51. The van der Waals surface area contributed by atoms with Crippen LogP contribution in [0.5, 0.6) is 34.5 Å². The van der Waals surface area contributed by atoms with E-state index < -0.39 is 5.43 Å². The van der Waals surface area contributed by atoms with Gasteiger partial charge in [0.15, 0.2) is 17.1 Å². The Bertz CT molecular complexity index is 1120. The van der Waals surface area contributed by atoms with Crippen LogP contribution in [0, 0.1) is 0 Å². The summed E-state index contributed by atoms with van der Waals surface area (Å²) in [7, 11) is 5.92. The van der Waals surface area contributed by atoms with Crippen molar-refractivity contribution in [3.63, 3.8) is 0 Å². The first-order chi connectivity index (χ1) is 15.1. The van der Waals surface area contributed by atoms with Crippen molar-refractivity contribution in [2.24, 2.45) is 0 Å². The third-order valence-corrected chi connectivity index (χ3v) is 4.66. The molecule has 0 saturated carbocycles. The molecule has 0 fully saturated rings. The molecule has 0 atom stereocenters. The molecule has 0 amide bonds. The minimum absolute atomic E-state index is 0.0342. The Morgan fingerprint density at radius 3 is 1.81 bits per heavy atom. The van der Waals surface area contributed by atoms with Crippen molar-refractivity contribution < 1.29 is 32.8 Å². The van der Waals surface area contributed by atoms with E-state index in [1.54, 1.807) is 38.3 Å². The Morgan fingerprint density at radius 2 is 1.29 bits per heavy atom. The number of hydrogen-bond donors (Lipinski definition) is 0. The third kappa shape index (κ3) is 3.81. The molecular weight excluding hydrogens is 404 g/mol. The van der Waals surface area contributed by atoms with Crippen molar-refractivity contribution in [2.75, 3.05) is 41.7 Å². The minimum atomic E-state index is -0.419. The molecule has 0 unspecified atom stereocenters. The van der Waals surface area contributed by atoms with Crippen molar-refractivity contribution in [1.29, 1.82) is 0 Å². The van der Waals surface area contributed by atoms with Gasteiger partial charge in [0.1, 0.15) is 11.1 Å². The summed E-state index contributed by atoms with van der Waals surface area (Å²) in [5.41, 5.74) is 0.384. The van der Waals surface area contributed by atoms with E-state index in [4.69, 9.17) is 32.8 Å². The van der Waals surface area contributed by atoms with Gasteiger partial charge in [-0.1, -0.05) is 0 Å². The van der Waals surface area contributed by atoms with Gasteiger partial charge in [-0.2, -0.15) is 0 Å². The maximum absolute atomic E-state index is 13.5. The number of rotatable bonds is 9. The van der Waals surface area contributed by atoms with E-state index >= 15 is 0 Å². The van der Waals surface area contributed by atoms with Crippen LogP contribution in [-0.4, -0.2) is 41.7 Å². The lowest BCUT2D eigenvalue weighted by Crippen LogP contribution is -2.12. The first-order valence-electron chi connectivity index (χ1n) is 9.78. The monoisotopic (exact) mass is 430 g/mol. The van der Waals surface area contributed by atoms with Gasteiger partial charge in [-0.15, -0.1) is 0 Å². The summed E-state index contributed by atoms with van der Waals surface area (Å²) < 4.78 is 39.6. The molecule has 1 aromatic heterocycles. The zero-order valence-corrected chi connectivity index (χ0v) is 18.5. The van der Waals surface area contributed by atoms with E-state index in [1.165, 1.54) is 21.3 Å². The standard InChI is InChI=1S/C23H26O8/c1-7-29-18-15-16(24)20(26-4)17(13-9-11-14(25-3)12-10-13)31-19(15)22(28-6)23(30-8-2)21(18)27-5/h9-12H,7-8H2,1-6H3. The maximum atomic E-state index is 13.5. The summed E-state index contributed by atoms with van der Waals surface area (Å²) >= 11 is 0. The van der Waals surface area contributed by atoms with Gasteiger partial charge in [0.2, 0.25) is 28.4 Å². The molecule has 1 heterocycles. The molecule has 0 radical (unpaired) electrons. The molecule has 8 nitrogen and oxygen atoms in total. The molecular formula is C23H26O8. The summed E-state index contributed by atoms with van der Waals surface area (Å²) in [6, 6.07) is 7.08. The molecule has 0 bridgehead atoms. The van der Waals surface area contributed by atoms with Gasteiger partial charge < -0.3 is 32.8 Å². The van der Waals surface area contributed by atoms with E-state index in [9.17, 15) is 4.79 Å². The molecule has 0 saturated heterocycles. The fourth-order valence-electron chi connectivity index (χ4n) is 3.35. The van der Waals surface area contributed by atoms with E-state index in [0.29, 0.717) is 24.5 Å². The fourth-order valence-corrected chi connectivity index (χ4v) is 3.35. The number of fused-ring (bicyclic) bond motifs is 1. The smallest absolute Gasteiger partial charge is 0.239 e. The van der Waals surface area contributed by atoms with Gasteiger partial charge in [-0.25, -0.2) is 0 Å². The van der Waals surface area contributed by atoms with E-state index in [1.807, 2.05) is 6.92 Å². The quantitative estimate of drug-likeness (QED) is 0.497. The summed E-state index contributed by atoms with van der Waals surface area (Å²) in [5, 5.41) is 0.146. The van der Waals surface area contributed by atoms with Crippen molar-refractivity contribution in [3.05, 3.63) is 34.5 Å². The topological polar surface area (TPSA) is 85.6 Å². The normalized spacial score (nSPS) is 10.6. The number of benzene rings is 2. The molecule has 0 aliphatic carbocycles. The Kier molecular flexibility index (Phi) is 6.79. The van der Waals surface area contributed by atoms with Crippen molar-refractivity contribution >= 4 is 11.0 Å². The highest BCUT2D eigenvalue weighted by molar-refractivity contribution is 5.96. The largest absolute Gasteiger partial charge is 0.497 e. The molecule has 0 spiro atoms. The summed E-state index contributed by atoms with van der Waals surface area (Å²) in [5.74, 6) is 1.93. The third-order valence-electron chi connectivity index (χ3n) is 4.66. The van der Waals surface area contributed by atoms with Crippen LogP contribution in [0.3, 0.4) is 0 Å². The molecule has 0 N–H and O–H groups in total. The number of methoxy groups -OCH3 is 4. The number of hydrogen-bond acceptors (Lipinski definition) is 8. The predicted molar refractivity (Wildman–Crippen MR) is 116 cm³/mol. The van der Waals surface area contributed by atoms with Gasteiger partial charge >= 0.3 is 0 Å². The van der Waals surface area contributed by atoms with Gasteiger partial charge in [-0.3, -0.25) is 4.79 Å². The lowest BCUT2D eigenvalue weighted by molar-refractivity contribution is 0.270. The molecule has 0 aliphatic rings. The maximum Gasteiger partial charge on any atom is 0.239 e. The highest BCUT2D eigenvalue weighted by atomic mass is 16.6. The molecule has 166 valence electrons. The van der Waals surface area contributed by atoms with Crippen LogP contribution in [-0.2, 0) is 0 Å². The first-order valence-corrected chi connectivity index (χ1v) is 9.78. The lowest BCUT2D eigenvalue weighted by Gasteiger charge is -2.20. The second-order valence-electron chi connectivity index (χ2n) is 6.32. The van der Waals surface area contributed by atoms with Crippen LogP contribution in [0.4, 0.5) is 0 Å². The molecule has 0 aliphatic heterocycles. The summed E-state index contributed by atoms with van der Waals surface area (Å²) in [6.45, 7) is 4.28. The average molecular weight is 430 g/mol. The van der Waals surface area contributed by atoms with Gasteiger partial charge in [-0.05, 0) is 38.1 Å².